The molecule has 5 aromatic rings. The molecule has 1 nitrogen and oxygen atoms in total. The zero-order valence-electron chi connectivity index (χ0n) is 23.4. The van der Waals surface area contributed by atoms with Gasteiger partial charge in [0.15, 0.2) is 29.1 Å². The molecule has 0 atom stereocenters. The average Bonchev–Trinajstić information content (AvgIpc) is 2.98. The molecular formula is C34H22ClF9O. The van der Waals surface area contributed by atoms with Gasteiger partial charge in [-0.1, -0.05) is 55.6 Å². The fourth-order valence-corrected chi connectivity index (χ4v) is 5.41. The molecule has 0 aliphatic heterocycles. The third kappa shape index (κ3) is 6.33. The number of aryl methyl sites for hydroxylation is 1. The maximum atomic E-state index is 15.1. The number of alkyl halides is 2. The minimum absolute atomic E-state index is 0.119. The van der Waals surface area contributed by atoms with E-state index in [1.807, 2.05) is 6.92 Å². The van der Waals surface area contributed by atoms with E-state index in [0.717, 1.165) is 25.0 Å². The standard InChI is InChI=1S/C34H22ClF9O/c1-2-3-4-5-19-12-18-8-11-23(30(35)29(18)33(42)31(19)40)17-6-9-21(10-7-17)34(43,44)45-22-15-24(36)28(25(37)16-22)20-13-26(38)32(41)27(39)14-20/h6-16H,2-5H2,1H3. The highest BCUT2D eigenvalue weighted by Gasteiger charge is 2.35. The normalized spacial score (nSPS) is 11.8. The van der Waals surface area contributed by atoms with Crippen LogP contribution in [0.1, 0.15) is 37.3 Å². The van der Waals surface area contributed by atoms with E-state index in [2.05, 4.69) is 4.74 Å². The summed E-state index contributed by atoms with van der Waals surface area (Å²) in [5.74, 6) is -11.3. The van der Waals surface area contributed by atoms with E-state index in [-0.39, 0.29) is 27.1 Å². The lowest BCUT2D eigenvalue weighted by molar-refractivity contribution is -0.185. The van der Waals surface area contributed by atoms with Gasteiger partial charge in [-0.15, -0.1) is 0 Å². The number of rotatable bonds is 9. The van der Waals surface area contributed by atoms with Gasteiger partial charge in [-0.2, -0.15) is 8.78 Å². The van der Waals surface area contributed by atoms with Crippen LogP contribution in [-0.2, 0) is 12.5 Å². The van der Waals surface area contributed by atoms with Crippen LogP contribution >= 0.6 is 11.6 Å². The molecule has 0 radical (unpaired) electrons. The number of ether oxygens (including phenoxy) is 1. The van der Waals surface area contributed by atoms with Gasteiger partial charge in [-0.3, -0.25) is 0 Å². The molecule has 11 heteroatoms. The van der Waals surface area contributed by atoms with Gasteiger partial charge in [0.2, 0.25) is 0 Å². The molecule has 0 saturated heterocycles. The van der Waals surface area contributed by atoms with Crippen molar-refractivity contribution in [3.8, 4) is 28.0 Å². The minimum Gasteiger partial charge on any atom is -0.429 e. The Bertz CT molecular complexity index is 1860. The molecule has 5 aromatic carbocycles. The molecule has 0 bridgehead atoms. The maximum absolute atomic E-state index is 15.1. The van der Waals surface area contributed by atoms with Crippen molar-refractivity contribution in [2.24, 2.45) is 0 Å². The fourth-order valence-electron chi connectivity index (χ4n) is 5.04. The van der Waals surface area contributed by atoms with Crippen molar-refractivity contribution >= 4 is 22.4 Å². The Morgan fingerprint density at radius 1 is 0.667 bits per heavy atom. The molecule has 0 aliphatic carbocycles. The fraction of sp³-hybridized carbons (Fsp3) is 0.176. The average molecular weight is 653 g/mol. The van der Waals surface area contributed by atoms with Gasteiger partial charge < -0.3 is 4.74 Å². The summed E-state index contributed by atoms with van der Waals surface area (Å²) in [5.41, 5.74) is -1.65. The van der Waals surface area contributed by atoms with Gasteiger partial charge in [0.05, 0.1) is 16.1 Å². The number of hydrogen-bond acceptors (Lipinski definition) is 1. The first-order valence-corrected chi connectivity index (χ1v) is 14.1. The molecule has 0 saturated carbocycles. The van der Waals surface area contributed by atoms with E-state index in [1.165, 1.54) is 18.2 Å². The Labute approximate surface area is 256 Å². The van der Waals surface area contributed by atoms with E-state index in [4.69, 9.17) is 11.6 Å². The van der Waals surface area contributed by atoms with Gasteiger partial charge in [0, 0.05) is 23.1 Å². The molecule has 0 heterocycles. The Balaban J connectivity index is 1.40. The van der Waals surface area contributed by atoms with Gasteiger partial charge in [-0.05, 0) is 65.3 Å². The Morgan fingerprint density at radius 2 is 1.29 bits per heavy atom. The summed E-state index contributed by atoms with van der Waals surface area (Å²) in [5, 5.41) is 0.111. The van der Waals surface area contributed by atoms with Crippen molar-refractivity contribution in [1.82, 2.24) is 0 Å². The summed E-state index contributed by atoms with van der Waals surface area (Å²) in [6.07, 6.45) is -1.29. The molecule has 0 fully saturated rings. The lowest BCUT2D eigenvalue weighted by Crippen LogP contribution is -2.22. The molecule has 0 amide bonds. The SMILES string of the molecule is CCCCCc1cc2ccc(-c3ccc(C(F)(F)Oc4cc(F)c(-c5cc(F)c(F)c(F)c5)c(F)c4)cc3)c(Cl)c2c(F)c1F. The number of hydrogen-bond donors (Lipinski definition) is 0. The van der Waals surface area contributed by atoms with Gasteiger partial charge >= 0.3 is 6.11 Å². The summed E-state index contributed by atoms with van der Waals surface area (Å²) < 4.78 is 134. The summed E-state index contributed by atoms with van der Waals surface area (Å²) in [4.78, 5) is 0. The summed E-state index contributed by atoms with van der Waals surface area (Å²) >= 11 is 6.47. The number of unbranched alkanes of at least 4 members (excludes halogenated alkanes) is 2. The van der Waals surface area contributed by atoms with Crippen LogP contribution in [0.5, 0.6) is 5.75 Å². The summed E-state index contributed by atoms with van der Waals surface area (Å²) in [7, 11) is 0. The van der Waals surface area contributed by atoms with E-state index in [1.54, 1.807) is 12.1 Å². The quantitative estimate of drug-likeness (QED) is 0.0875. The lowest BCUT2D eigenvalue weighted by Gasteiger charge is -2.19. The molecule has 234 valence electrons. The van der Waals surface area contributed by atoms with Gasteiger partial charge in [0.1, 0.15) is 17.4 Å². The zero-order valence-corrected chi connectivity index (χ0v) is 24.1. The van der Waals surface area contributed by atoms with Crippen molar-refractivity contribution in [3.05, 3.63) is 124 Å². The number of fused-ring (bicyclic) bond motifs is 1. The van der Waals surface area contributed by atoms with Crippen molar-refractivity contribution in [3.63, 3.8) is 0 Å². The first-order chi connectivity index (χ1) is 21.3. The molecular weight excluding hydrogens is 631 g/mol. The van der Waals surface area contributed by atoms with E-state index < -0.39 is 69.3 Å². The predicted octanol–water partition coefficient (Wildman–Crippen LogP) is 11.7. The van der Waals surface area contributed by atoms with Gasteiger partial charge in [0.25, 0.3) is 0 Å². The van der Waals surface area contributed by atoms with E-state index >= 15 is 13.2 Å². The second kappa shape index (κ2) is 12.7. The number of halogens is 10. The molecule has 0 spiro atoms. The van der Waals surface area contributed by atoms with Crippen molar-refractivity contribution in [2.45, 2.75) is 38.7 Å². The minimum atomic E-state index is -4.12. The predicted molar refractivity (Wildman–Crippen MR) is 154 cm³/mol. The van der Waals surface area contributed by atoms with E-state index in [0.29, 0.717) is 42.5 Å². The summed E-state index contributed by atoms with van der Waals surface area (Å²) in [6.45, 7) is 1.99. The molecule has 0 aliphatic rings. The van der Waals surface area contributed by atoms with Crippen molar-refractivity contribution < 1.29 is 44.3 Å². The Hall–Kier alpha value is -4.18. The highest BCUT2D eigenvalue weighted by atomic mass is 35.5. The van der Waals surface area contributed by atoms with Crippen LogP contribution < -0.4 is 4.74 Å². The van der Waals surface area contributed by atoms with Crippen LogP contribution in [0.3, 0.4) is 0 Å². The Kier molecular flexibility index (Phi) is 9.07. The Morgan fingerprint density at radius 3 is 1.89 bits per heavy atom. The largest absolute Gasteiger partial charge is 0.429 e. The third-order valence-electron chi connectivity index (χ3n) is 7.31. The van der Waals surface area contributed by atoms with Crippen molar-refractivity contribution in [2.75, 3.05) is 0 Å². The lowest BCUT2D eigenvalue weighted by atomic mass is 9.96. The van der Waals surface area contributed by atoms with Gasteiger partial charge in [-0.25, -0.2) is 30.7 Å². The first-order valence-electron chi connectivity index (χ1n) is 13.7. The number of benzene rings is 5. The van der Waals surface area contributed by atoms with Crippen LogP contribution in [0.2, 0.25) is 5.02 Å². The van der Waals surface area contributed by atoms with Crippen LogP contribution in [-0.4, -0.2) is 0 Å². The van der Waals surface area contributed by atoms with Crippen LogP contribution in [0.25, 0.3) is 33.0 Å². The molecule has 0 unspecified atom stereocenters. The van der Waals surface area contributed by atoms with Crippen LogP contribution in [0.15, 0.2) is 66.7 Å². The molecule has 0 N–H and O–H groups in total. The maximum Gasteiger partial charge on any atom is 0.426 e. The van der Waals surface area contributed by atoms with Crippen molar-refractivity contribution in [1.29, 1.82) is 0 Å². The monoisotopic (exact) mass is 652 g/mol. The third-order valence-corrected chi connectivity index (χ3v) is 7.71. The summed E-state index contributed by atoms with van der Waals surface area (Å²) in [6, 6.07) is 10.5. The second-order valence-electron chi connectivity index (χ2n) is 10.4. The zero-order chi connectivity index (χ0) is 32.6. The van der Waals surface area contributed by atoms with E-state index in [9.17, 15) is 26.3 Å². The molecule has 0 aromatic heterocycles. The highest BCUT2D eigenvalue weighted by molar-refractivity contribution is 6.38. The highest BCUT2D eigenvalue weighted by Crippen LogP contribution is 2.40. The van der Waals surface area contributed by atoms with Crippen LogP contribution in [0.4, 0.5) is 39.5 Å². The second-order valence-corrected chi connectivity index (χ2v) is 10.7. The van der Waals surface area contributed by atoms with Crippen LogP contribution in [0, 0.1) is 40.7 Å². The molecule has 5 rings (SSSR count). The topological polar surface area (TPSA) is 9.23 Å². The first kappa shape index (κ1) is 32.2. The smallest absolute Gasteiger partial charge is 0.426 e. The molecule has 45 heavy (non-hydrogen) atoms.